The molecule has 0 atom stereocenters. The van der Waals surface area contributed by atoms with Crippen LogP contribution in [0.3, 0.4) is 0 Å². The van der Waals surface area contributed by atoms with E-state index in [1.54, 1.807) is 0 Å². The predicted molar refractivity (Wildman–Crippen MR) is 96.2 cm³/mol. The topological polar surface area (TPSA) is 20.2 Å². The van der Waals surface area contributed by atoms with Crippen LogP contribution in [-0.2, 0) is 6.42 Å². The van der Waals surface area contributed by atoms with E-state index < -0.39 is 5.60 Å². The maximum Gasteiger partial charge on any atom is 0.0631 e. The van der Waals surface area contributed by atoms with Crippen LogP contribution in [0.15, 0.2) is 60.7 Å². The van der Waals surface area contributed by atoms with Crippen LogP contribution in [0.1, 0.15) is 57.6 Å². The van der Waals surface area contributed by atoms with Gasteiger partial charge in [0, 0.05) is 6.42 Å². The van der Waals surface area contributed by atoms with Gasteiger partial charge in [-0.15, -0.1) is 0 Å². The van der Waals surface area contributed by atoms with E-state index in [9.17, 15) is 5.11 Å². The van der Waals surface area contributed by atoms with Crippen molar-refractivity contribution in [1.82, 2.24) is 0 Å². The molecule has 0 saturated heterocycles. The molecular weight excluding hydrogens is 268 g/mol. The molecule has 1 N–H and O–H groups in total. The monoisotopic (exact) mass is 298 g/mol. The summed E-state index contributed by atoms with van der Waals surface area (Å²) in [5.74, 6) is 0.760. The molecule has 0 spiro atoms. The standard InChI is InChI=1S/C11H16.C10H14O/c1-3-10(4-2)11-8-6-5-7-9-11;1-10(2,11)8-9-6-4-3-5-7-9/h5-10H,3-4H2,1-2H3;3-7,11H,8H2,1-2H3. The molecule has 0 bridgehead atoms. The van der Waals surface area contributed by atoms with Crippen LogP contribution >= 0.6 is 0 Å². The average molecular weight is 298 g/mol. The van der Waals surface area contributed by atoms with Crippen molar-refractivity contribution in [2.75, 3.05) is 0 Å². The van der Waals surface area contributed by atoms with Crippen LogP contribution in [0.4, 0.5) is 0 Å². The zero-order valence-corrected chi connectivity index (χ0v) is 14.4. The highest BCUT2D eigenvalue weighted by atomic mass is 16.3. The predicted octanol–water partition coefficient (Wildman–Crippen LogP) is 5.59. The molecule has 0 amide bonds. The molecule has 0 heterocycles. The summed E-state index contributed by atoms with van der Waals surface area (Å²) in [6, 6.07) is 20.8. The van der Waals surface area contributed by atoms with Crippen molar-refractivity contribution >= 4 is 0 Å². The second-order valence-corrected chi connectivity index (χ2v) is 6.40. The van der Waals surface area contributed by atoms with E-state index in [0.29, 0.717) is 6.42 Å². The van der Waals surface area contributed by atoms with Gasteiger partial charge in [-0.2, -0.15) is 0 Å². The van der Waals surface area contributed by atoms with Crippen molar-refractivity contribution in [3.05, 3.63) is 71.8 Å². The highest BCUT2D eigenvalue weighted by Crippen LogP contribution is 2.21. The highest BCUT2D eigenvalue weighted by Gasteiger charge is 2.12. The lowest BCUT2D eigenvalue weighted by molar-refractivity contribution is 0.0810. The van der Waals surface area contributed by atoms with Gasteiger partial charge in [0.15, 0.2) is 0 Å². The van der Waals surface area contributed by atoms with Gasteiger partial charge < -0.3 is 5.11 Å². The second kappa shape index (κ2) is 9.42. The van der Waals surface area contributed by atoms with Gasteiger partial charge in [0.2, 0.25) is 0 Å². The minimum absolute atomic E-state index is 0.596. The Morgan fingerprint density at radius 2 is 1.27 bits per heavy atom. The third-order valence-corrected chi connectivity index (χ3v) is 3.74. The summed E-state index contributed by atoms with van der Waals surface area (Å²) in [6.07, 6.45) is 3.22. The van der Waals surface area contributed by atoms with Crippen LogP contribution in [0, 0.1) is 0 Å². The maximum atomic E-state index is 9.47. The molecule has 120 valence electrons. The Labute approximate surface area is 136 Å². The van der Waals surface area contributed by atoms with E-state index in [1.165, 1.54) is 24.0 Å². The van der Waals surface area contributed by atoms with Gasteiger partial charge >= 0.3 is 0 Å². The fraction of sp³-hybridized carbons (Fsp3) is 0.429. The number of benzene rings is 2. The fourth-order valence-electron chi connectivity index (χ4n) is 2.58. The normalized spacial score (nSPS) is 11.0. The average Bonchev–Trinajstić information content (AvgIpc) is 2.50. The lowest BCUT2D eigenvalue weighted by Crippen LogP contribution is -2.21. The number of rotatable bonds is 5. The molecule has 2 aromatic carbocycles. The van der Waals surface area contributed by atoms with Crippen LogP contribution in [-0.4, -0.2) is 10.7 Å². The first-order valence-corrected chi connectivity index (χ1v) is 8.27. The number of hydrogen-bond acceptors (Lipinski definition) is 1. The SMILES string of the molecule is CC(C)(O)Cc1ccccc1.CCC(CC)c1ccccc1. The molecule has 0 saturated carbocycles. The first kappa shape index (κ1) is 18.4. The van der Waals surface area contributed by atoms with Crippen LogP contribution < -0.4 is 0 Å². The van der Waals surface area contributed by atoms with Gasteiger partial charge in [0.1, 0.15) is 0 Å². The summed E-state index contributed by atoms with van der Waals surface area (Å²) in [7, 11) is 0. The van der Waals surface area contributed by atoms with Gasteiger partial charge in [0.25, 0.3) is 0 Å². The Bertz CT molecular complexity index is 492. The number of hydrogen-bond donors (Lipinski definition) is 1. The summed E-state index contributed by atoms with van der Waals surface area (Å²) in [5.41, 5.74) is 2.07. The van der Waals surface area contributed by atoms with Crippen molar-refractivity contribution < 1.29 is 5.11 Å². The van der Waals surface area contributed by atoms with Crippen LogP contribution in [0.2, 0.25) is 0 Å². The minimum Gasteiger partial charge on any atom is -0.390 e. The molecular formula is C21H30O. The van der Waals surface area contributed by atoms with E-state index in [2.05, 4.69) is 44.2 Å². The fourth-order valence-corrected chi connectivity index (χ4v) is 2.58. The van der Waals surface area contributed by atoms with Crippen molar-refractivity contribution in [2.24, 2.45) is 0 Å². The molecule has 1 heteroatoms. The van der Waals surface area contributed by atoms with Crippen LogP contribution in [0.5, 0.6) is 0 Å². The van der Waals surface area contributed by atoms with Crippen molar-refractivity contribution in [3.8, 4) is 0 Å². The number of aliphatic hydroxyl groups is 1. The molecule has 0 aliphatic carbocycles. The third-order valence-electron chi connectivity index (χ3n) is 3.74. The van der Waals surface area contributed by atoms with Gasteiger partial charge in [0.05, 0.1) is 5.60 Å². The van der Waals surface area contributed by atoms with Gasteiger partial charge in [-0.05, 0) is 43.7 Å². The Hall–Kier alpha value is -1.60. The molecule has 0 radical (unpaired) electrons. The van der Waals surface area contributed by atoms with Crippen molar-refractivity contribution in [1.29, 1.82) is 0 Å². The van der Waals surface area contributed by atoms with Crippen LogP contribution in [0.25, 0.3) is 0 Å². The molecule has 2 rings (SSSR count). The summed E-state index contributed by atoms with van der Waals surface area (Å²) in [6.45, 7) is 8.14. The Morgan fingerprint density at radius 3 is 1.68 bits per heavy atom. The maximum absolute atomic E-state index is 9.47. The highest BCUT2D eigenvalue weighted by molar-refractivity contribution is 5.19. The lowest BCUT2D eigenvalue weighted by Gasteiger charge is -2.16. The quantitative estimate of drug-likeness (QED) is 0.763. The van der Waals surface area contributed by atoms with E-state index in [-0.39, 0.29) is 0 Å². The largest absolute Gasteiger partial charge is 0.390 e. The molecule has 0 aromatic heterocycles. The summed E-state index contributed by atoms with van der Waals surface area (Å²) in [4.78, 5) is 0. The molecule has 0 aliphatic heterocycles. The molecule has 0 aliphatic rings. The van der Waals surface area contributed by atoms with Gasteiger partial charge in [-0.25, -0.2) is 0 Å². The zero-order valence-electron chi connectivity index (χ0n) is 14.4. The molecule has 0 fully saturated rings. The minimum atomic E-state index is -0.596. The third kappa shape index (κ3) is 7.42. The summed E-state index contributed by atoms with van der Waals surface area (Å²) < 4.78 is 0. The van der Waals surface area contributed by atoms with Gasteiger partial charge in [-0.1, -0.05) is 74.5 Å². The van der Waals surface area contributed by atoms with Crippen molar-refractivity contribution in [3.63, 3.8) is 0 Å². The molecule has 22 heavy (non-hydrogen) atoms. The smallest absolute Gasteiger partial charge is 0.0631 e. The summed E-state index contributed by atoms with van der Waals surface area (Å²) in [5, 5.41) is 9.47. The molecule has 2 aromatic rings. The molecule has 0 unspecified atom stereocenters. The zero-order chi connectivity index (χ0) is 16.4. The second-order valence-electron chi connectivity index (χ2n) is 6.40. The lowest BCUT2D eigenvalue weighted by atomic mass is 9.94. The Morgan fingerprint density at radius 1 is 0.818 bits per heavy atom. The summed E-state index contributed by atoms with van der Waals surface area (Å²) >= 11 is 0. The first-order valence-electron chi connectivity index (χ1n) is 8.27. The van der Waals surface area contributed by atoms with E-state index in [1.807, 2.05) is 44.2 Å². The Balaban J connectivity index is 0.000000220. The molecule has 1 nitrogen and oxygen atoms in total. The van der Waals surface area contributed by atoms with E-state index in [4.69, 9.17) is 0 Å². The van der Waals surface area contributed by atoms with E-state index in [0.717, 1.165) is 5.92 Å². The first-order chi connectivity index (χ1) is 10.5. The Kier molecular flexibility index (Phi) is 7.90. The van der Waals surface area contributed by atoms with E-state index >= 15 is 0 Å². The van der Waals surface area contributed by atoms with Crippen molar-refractivity contribution in [2.45, 2.75) is 58.5 Å². The van der Waals surface area contributed by atoms with Gasteiger partial charge in [-0.3, -0.25) is 0 Å².